The summed E-state index contributed by atoms with van der Waals surface area (Å²) in [6.07, 6.45) is 1.75. The summed E-state index contributed by atoms with van der Waals surface area (Å²) in [5.74, 6) is 0. The smallest absolute Gasteiger partial charge is 0.150 e. The van der Waals surface area contributed by atoms with Gasteiger partial charge in [0.05, 0.1) is 11.1 Å². The summed E-state index contributed by atoms with van der Waals surface area (Å²) in [5, 5.41) is 0. The van der Waals surface area contributed by atoms with E-state index in [2.05, 4.69) is 152 Å². The Labute approximate surface area is 273 Å². The van der Waals surface area contributed by atoms with Crippen molar-refractivity contribution in [1.82, 2.24) is 0 Å². The van der Waals surface area contributed by atoms with Crippen LogP contribution < -0.4 is 4.90 Å². The van der Waals surface area contributed by atoms with Gasteiger partial charge < -0.3 is 4.90 Å². The van der Waals surface area contributed by atoms with Crippen LogP contribution in [0.1, 0.15) is 43.0 Å². The summed E-state index contributed by atoms with van der Waals surface area (Å²) in [6.45, 7) is 0. The molecule has 3 nitrogen and oxygen atoms in total. The Morgan fingerprint density at radius 3 is 1.48 bits per heavy atom. The molecule has 0 bridgehead atoms. The lowest BCUT2D eigenvalue weighted by molar-refractivity contribution is 0.111. The third kappa shape index (κ3) is 4.55. The van der Waals surface area contributed by atoms with E-state index >= 15 is 0 Å². The Bertz CT molecular complexity index is 1900. The van der Waals surface area contributed by atoms with Crippen LogP contribution in [0.25, 0.3) is 11.1 Å². The number of fused-ring (bicyclic) bond motifs is 3. The SMILES string of the molecule is O=Cc1ccc(C2(c3ccc(C=O)cc3)c3ccccc3-c3c(N(c4ccc(Br)cc4)c4ccc(Br)cc4)cccc32)cc1. The van der Waals surface area contributed by atoms with Crippen molar-refractivity contribution in [3.63, 3.8) is 0 Å². The Balaban J connectivity index is 1.58. The molecule has 1 aliphatic rings. The molecular weight excluding hydrogens is 674 g/mol. The number of aldehydes is 2. The number of anilines is 3. The second-order valence-corrected chi connectivity index (χ2v) is 12.6. The number of hydrogen-bond acceptors (Lipinski definition) is 3. The fraction of sp³-hybridized carbons (Fsp3) is 0.0256. The first-order chi connectivity index (χ1) is 21.5. The number of carbonyl (C=O) groups excluding carboxylic acids is 2. The van der Waals surface area contributed by atoms with E-state index in [9.17, 15) is 9.59 Å². The second kappa shape index (κ2) is 11.5. The van der Waals surface area contributed by atoms with Gasteiger partial charge in [-0.05, 0) is 82.4 Å². The molecule has 7 rings (SSSR count). The number of nitrogens with zero attached hydrogens (tertiary/aromatic N) is 1. The quantitative estimate of drug-likeness (QED) is 0.156. The molecule has 0 N–H and O–H groups in total. The largest absolute Gasteiger partial charge is 0.310 e. The Hall–Kier alpha value is -4.58. The molecule has 44 heavy (non-hydrogen) atoms. The van der Waals surface area contributed by atoms with Gasteiger partial charge in [-0.25, -0.2) is 0 Å². The molecule has 0 saturated carbocycles. The van der Waals surface area contributed by atoms with E-state index in [1.54, 1.807) is 0 Å². The van der Waals surface area contributed by atoms with Gasteiger partial charge in [0, 0.05) is 37.0 Å². The molecule has 0 saturated heterocycles. The van der Waals surface area contributed by atoms with Gasteiger partial charge in [-0.3, -0.25) is 9.59 Å². The Morgan fingerprint density at radius 2 is 0.977 bits per heavy atom. The van der Waals surface area contributed by atoms with Crippen LogP contribution in [-0.2, 0) is 5.41 Å². The highest BCUT2D eigenvalue weighted by Crippen LogP contribution is 2.59. The molecule has 0 unspecified atom stereocenters. The highest BCUT2D eigenvalue weighted by molar-refractivity contribution is 9.10. The minimum Gasteiger partial charge on any atom is -0.310 e. The van der Waals surface area contributed by atoms with Crippen LogP contribution in [-0.4, -0.2) is 12.6 Å². The van der Waals surface area contributed by atoms with Crippen LogP contribution in [0.3, 0.4) is 0 Å². The van der Waals surface area contributed by atoms with Gasteiger partial charge in [-0.2, -0.15) is 0 Å². The van der Waals surface area contributed by atoms with Gasteiger partial charge in [0.25, 0.3) is 0 Å². The van der Waals surface area contributed by atoms with Gasteiger partial charge in [0.2, 0.25) is 0 Å². The van der Waals surface area contributed by atoms with Gasteiger partial charge in [0.15, 0.2) is 0 Å². The zero-order chi connectivity index (χ0) is 30.3. The van der Waals surface area contributed by atoms with Crippen molar-refractivity contribution in [3.05, 3.63) is 182 Å². The van der Waals surface area contributed by atoms with Crippen LogP contribution in [0.15, 0.2) is 148 Å². The van der Waals surface area contributed by atoms with Crippen LogP contribution >= 0.6 is 31.9 Å². The van der Waals surface area contributed by atoms with Crippen LogP contribution in [0.5, 0.6) is 0 Å². The minimum atomic E-state index is -0.685. The molecule has 0 aromatic heterocycles. The van der Waals surface area contributed by atoms with Crippen molar-refractivity contribution in [3.8, 4) is 11.1 Å². The number of benzene rings is 6. The molecule has 0 radical (unpaired) electrons. The molecule has 0 spiro atoms. The summed E-state index contributed by atoms with van der Waals surface area (Å²) >= 11 is 7.21. The lowest BCUT2D eigenvalue weighted by atomic mass is 9.67. The molecule has 0 heterocycles. The van der Waals surface area contributed by atoms with E-state index in [1.165, 1.54) is 0 Å². The molecule has 0 aliphatic heterocycles. The van der Waals surface area contributed by atoms with Crippen molar-refractivity contribution >= 4 is 61.5 Å². The molecule has 212 valence electrons. The molecule has 0 fully saturated rings. The fourth-order valence-electron chi connectivity index (χ4n) is 6.51. The third-order valence-electron chi connectivity index (χ3n) is 8.42. The number of carbonyl (C=O) groups is 2. The maximum atomic E-state index is 11.6. The highest BCUT2D eigenvalue weighted by Gasteiger charge is 2.47. The fourth-order valence-corrected chi connectivity index (χ4v) is 7.04. The van der Waals surface area contributed by atoms with Crippen molar-refractivity contribution in [1.29, 1.82) is 0 Å². The third-order valence-corrected chi connectivity index (χ3v) is 9.47. The van der Waals surface area contributed by atoms with E-state index in [0.717, 1.165) is 72.0 Å². The summed E-state index contributed by atoms with van der Waals surface area (Å²) in [6, 6.07) is 47.5. The first-order valence-corrected chi connectivity index (χ1v) is 15.8. The molecule has 6 aromatic carbocycles. The molecule has 5 heteroatoms. The van der Waals surface area contributed by atoms with Crippen molar-refractivity contribution < 1.29 is 9.59 Å². The van der Waals surface area contributed by atoms with Crippen molar-refractivity contribution in [2.45, 2.75) is 5.41 Å². The molecule has 6 aromatic rings. The zero-order valence-corrected chi connectivity index (χ0v) is 26.6. The maximum Gasteiger partial charge on any atom is 0.150 e. The Kier molecular flexibility index (Phi) is 7.37. The predicted octanol–water partition coefficient (Wildman–Crippen LogP) is 10.7. The Morgan fingerprint density at radius 1 is 0.500 bits per heavy atom. The van der Waals surface area contributed by atoms with E-state index in [1.807, 2.05) is 24.3 Å². The van der Waals surface area contributed by atoms with E-state index in [0.29, 0.717) is 11.1 Å². The highest BCUT2D eigenvalue weighted by atomic mass is 79.9. The summed E-state index contributed by atoms with van der Waals surface area (Å²) in [7, 11) is 0. The molecule has 1 aliphatic carbocycles. The van der Waals surface area contributed by atoms with Gasteiger partial charge in [-0.1, -0.05) is 117 Å². The van der Waals surface area contributed by atoms with Crippen LogP contribution in [0, 0.1) is 0 Å². The molecule has 0 atom stereocenters. The van der Waals surface area contributed by atoms with Crippen LogP contribution in [0.2, 0.25) is 0 Å². The van der Waals surface area contributed by atoms with Crippen molar-refractivity contribution in [2.75, 3.05) is 4.90 Å². The minimum absolute atomic E-state index is 0.622. The first kappa shape index (κ1) is 28.2. The van der Waals surface area contributed by atoms with E-state index in [-0.39, 0.29) is 0 Å². The van der Waals surface area contributed by atoms with Gasteiger partial charge in [0.1, 0.15) is 12.6 Å². The summed E-state index contributed by atoms with van der Waals surface area (Å²) in [4.78, 5) is 25.6. The topological polar surface area (TPSA) is 37.4 Å². The van der Waals surface area contributed by atoms with Gasteiger partial charge in [-0.15, -0.1) is 0 Å². The zero-order valence-electron chi connectivity index (χ0n) is 23.5. The maximum absolute atomic E-state index is 11.6. The van der Waals surface area contributed by atoms with E-state index in [4.69, 9.17) is 0 Å². The van der Waals surface area contributed by atoms with Crippen molar-refractivity contribution in [2.24, 2.45) is 0 Å². The second-order valence-electron chi connectivity index (χ2n) is 10.8. The van der Waals surface area contributed by atoms with E-state index < -0.39 is 5.41 Å². The lowest BCUT2D eigenvalue weighted by Gasteiger charge is -2.34. The first-order valence-electron chi connectivity index (χ1n) is 14.2. The molecule has 0 amide bonds. The summed E-state index contributed by atoms with van der Waals surface area (Å²) in [5.41, 5.74) is 10.3. The average Bonchev–Trinajstić information content (AvgIpc) is 3.38. The number of rotatable bonds is 7. The van der Waals surface area contributed by atoms with Crippen LogP contribution in [0.4, 0.5) is 17.1 Å². The predicted molar refractivity (Wildman–Crippen MR) is 185 cm³/mol. The van der Waals surface area contributed by atoms with Gasteiger partial charge >= 0.3 is 0 Å². The average molecular weight is 699 g/mol. The monoisotopic (exact) mass is 697 g/mol. The lowest BCUT2D eigenvalue weighted by Crippen LogP contribution is -2.28. The normalized spacial score (nSPS) is 12.7. The number of halogens is 2. The number of hydrogen-bond donors (Lipinski definition) is 0. The standard InChI is InChI=1S/C39H25Br2NO2/c40-30-16-20-32(21-17-30)42(33-22-18-31(41)19-23-33)37-7-3-6-36-38(37)34-4-1-2-5-35(34)39(36,28-12-8-26(24-43)9-13-28)29-14-10-27(25-44)11-15-29/h1-25H. The molecular formula is C39H25Br2NO2. The summed E-state index contributed by atoms with van der Waals surface area (Å²) < 4.78 is 2.02.